The maximum Gasteiger partial charge on any atom is 0.334 e. The van der Waals surface area contributed by atoms with Crippen molar-refractivity contribution >= 4 is 5.97 Å². The highest BCUT2D eigenvalue weighted by Crippen LogP contribution is 2.25. The van der Waals surface area contributed by atoms with Crippen LogP contribution in [0.4, 0.5) is 0 Å². The summed E-state index contributed by atoms with van der Waals surface area (Å²) in [6.45, 7) is 5.60. The highest BCUT2D eigenvalue weighted by Gasteiger charge is 2.22. The fraction of sp³-hybridized carbons (Fsp3) is 0.750. The fourth-order valence-corrected chi connectivity index (χ4v) is 1.55. The molecule has 0 aromatic carbocycles. The van der Waals surface area contributed by atoms with Crippen molar-refractivity contribution in [3.8, 4) is 0 Å². The van der Waals surface area contributed by atoms with Gasteiger partial charge in [0.1, 0.15) is 17.5 Å². The Morgan fingerprint density at radius 2 is 2.31 bits per heavy atom. The largest absolute Gasteiger partial charge is 0.494 e. The molecule has 16 heavy (non-hydrogen) atoms. The van der Waals surface area contributed by atoms with Crippen molar-refractivity contribution in [3.05, 3.63) is 11.8 Å². The third-order valence-electron chi connectivity index (χ3n) is 2.17. The Balaban J connectivity index is 2.44. The van der Waals surface area contributed by atoms with E-state index in [4.69, 9.17) is 14.6 Å². The minimum Gasteiger partial charge on any atom is -0.494 e. The number of hydrogen-bond acceptors (Lipinski definition) is 4. The van der Waals surface area contributed by atoms with Crippen LogP contribution in [-0.4, -0.2) is 29.4 Å². The number of aliphatic hydroxyl groups excluding tert-OH is 1. The maximum absolute atomic E-state index is 11.5. The van der Waals surface area contributed by atoms with Gasteiger partial charge in [0.15, 0.2) is 0 Å². The van der Waals surface area contributed by atoms with Crippen LogP contribution >= 0.6 is 0 Å². The van der Waals surface area contributed by atoms with E-state index in [9.17, 15) is 4.79 Å². The van der Waals surface area contributed by atoms with Crippen molar-refractivity contribution < 1.29 is 19.4 Å². The van der Waals surface area contributed by atoms with Crippen LogP contribution in [0.5, 0.6) is 0 Å². The number of rotatable bonds is 3. The molecule has 0 saturated carbocycles. The number of hydrogen-bond donors (Lipinski definition) is 1. The predicted molar refractivity (Wildman–Crippen MR) is 59.7 cm³/mol. The van der Waals surface area contributed by atoms with Gasteiger partial charge in [-0.25, -0.2) is 4.79 Å². The SMILES string of the molecule is CC(C)(C)OC(=O)C=C1CCC(CCO)O1. The zero-order chi connectivity index (χ0) is 12.2. The Morgan fingerprint density at radius 3 is 2.88 bits per heavy atom. The minimum atomic E-state index is -0.475. The molecule has 1 rings (SSSR count). The third kappa shape index (κ3) is 4.66. The first-order chi connectivity index (χ1) is 7.40. The van der Waals surface area contributed by atoms with Crippen LogP contribution < -0.4 is 0 Å². The molecule has 1 N–H and O–H groups in total. The first-order valence-electron chi connectivity index (χ1n) is 5.62. The van der Waals surface area contributed by atoms with Gasteiger partial charge in [0.25, 0.3) is 0 Å². The van der Waals surface area contributed by atoms with Crippen LogP contribution in [0.2, 0.25) is 0 Å². The first kappa shape index (κ1) is 13.0. The van der Waals surface area contributed by atoms with Crippen LogP contribution in [0.15, 0.2) is 11.8 Å². The minimum absolute atomic E-state index is 0.0405. The molecule has 1 saturated heterocycles. The molecule has 92 valence electrons. The molecule has 1 heterocycles. The van der Waals surface area contributed by atoms with E-state index in [0.717, 1.165) is 12.8 Å². The van der Waals surface area contributed by atoms with E-state index >= 15 is 0 Å². The number of carbonyl (C=O) groups excluding carboxylic acids is 1. The van der Waals surface area contributed by atoms with E-state index in [1.54, 1.807) is 0 Å². The van der Waals surface area contributed by atoms with Gasteiger partial charge >= 0.3 is 5.97 Å². The molecular formula is C12H20O4. The Hall–Kier alpha value is -1.03. The maximum atomic E-state index is 11.5. The molecule has 0 radical (unpaired) electrons. The number of esters is 1. The second-order valence-electron chi connectivity index (χ2n) is 4.93. The summed E-state index contributed by atoms with van der Waals surface area (Å²) >= 11 is 0. The topological polar surface area (TPSA) is 55.8 Å². The quantitative estimate of drug-likeness (QED) is 0.591. The zero-order valence-electron chi connectivity index (χ0n) is 10.2. The average molecular weight is 228 g/mol. The van der Waals surface area contributed by atoms with Gasteiger partial charge in [0.05, 0.1) is 6.08 Å². The van der Waals surface area contributed by atoms with E-state index in [1.807, 2.05) is 20.8 Å². The number of aliphatic hydroxyl groups is 1. The van der Waals surface area contributed by atoms with E-state index in [2.05, 4.69) is 0 Å². The summed E-state index contributed by atoms with van der Waals surface area (Å²) in [5, 5.41) is 8.76. The first-order valence-corrected chi connectivity index (χ1v) is 5.62. The molecule has 1 atom stereocenters. The van der Waals surface area contributed by atoms with Crippen LogP contribution in [0.3, 0.4) is 0 Å². The molecule has 0 bridgehead atoms. The van der Waals surface area contributed by atoms with Crippen LogP contribution in [0, 0.1) is 0 Å². The van der Waals surface area contributed by atoms with Crippen molar-refractivity contribution in [2.45, 2.75) is 51.7 Å². The zero-order valence-corrected chi connectivity index (χ0v) is 10.2. The molecule has 1 aliphatic heterocycles. The molecule has 4 nitrogen and oxygen atoms in total. The normalized spacial score (nSPS) is 23.2. The van der Waals surface area contributed by atoms with E-state index in [0.29, 0.717) is 12.2 Å². The van der Waals surface area contributed by atoms with Crippen LogP contribution in [0.25, 0.3) is 0 Å². The summed E-state index contributed by atoms with van der Waals surface area (Å²) in [6, 6.07) is 0. The summed E-state index contributed by atoms with van der Waals surface area (Å²) in [5.41, 5.74) is -0.475. The second kappa shape index (κ2) is 5.34. The molecule has 1 fully saturated rings. The third-order valence-corrected chi connectivity index (χ3v) is 2.17. The Bertz CT molecular complexity index is 275. The number of allylic oxidation sites excluding steroid dienone is 1. The van der Waals surface area contributed by atoms with Crippen LogP contribution in [-0.2, 0) is 14.3 Å². The van der Waals surface area contributed by atoms with Crippen molar-refractivity contribution in [3.63, 3.8) is 0 Å². The van der Waals surface area contributed by atoms with Gasteiger partial charge in [0.2, 0.25) is 0 Å². The monoisotopic (exact) mass is 228 g/mol. The van der Waals surface area contributed by atoms with Gasteiger partial charge in [-0.15, -0.1) is 0 Å². The van der Waals surface area contributed by atoms with Crippen molar-refractivity contribution in [1.82, 2.24) is 0 Å². The standard InChI is InChI=1S/C12H20O4/c1-12(2,3)16-11(14)8-10-5-4-9(15-10)6-7-13/h8-9,13H,4-7H2,1-3H3. The number of ether oxygens (including phenoxy) is 2. The number of carbonyl (C=O) groups is 1. The van der Waals surface area contributed by atoms with Gasteiger partial charge in [-0.3, -0.25) is 0 Å². The molecule has 0 spiro atoms. The Kier molecular flexibility index (Phi) is 4.35. The molecule has 0 aromatic heterocycles. The summed E-state index contributed by atoms with van der Waals surface area (Å²) in [6.07, 6.45) is 3.66. The lowest BCUT2D eigenvalue weighted by atomic mass is 10.2. The lowest BCUT2D eigenvalue weighted by molar-refractivity contribution is -0.148. The molecular weight excluding hydrogens is 208 g/mol. The van der Waals surface area contributed by atoms with Crippen molar-refractivity contribution in [2.24, 2.45) is 0 Å². The molecule has 1 unspecified atom stereocenters. The van der Waals surface area contributed by atoms with Crippen molar-refractivity contribution in [2.75, 3.05) is 6.61 Å². The second-order valence-corrected chi connectivity index (χ2v) is 4.93. The van der Waals surface area contributed by atoms with E-state index in [1.165, 1.54) is 6.08 Å². The van der Waals surface area contributed by atoms with Gasteiger partial charge in [-0.05, 0) is 27.2 Å². The summed E-state index contributed by atoms with van der Waals surface area (Å²) in [5.74, 6) is 0.292. The molecule has 4 heteroatoms. The van der Waals surface area contributed by atoms with Gasteiger partial charge in [-0.2, -0.15) is 0 Å². The average Bonchev–Trinajstić information content (AvgIpc) is 2.49. The summed E-state index contributed by atoms with van der Waals surface area (Å²) < 4.78 is 10.6. The summed E-state index contributed by atoms with van der Waals surface area (Å²) in [7, 11) is 0. The smallest absolute Gasteiger partial charge is 0.334 e. The van der Waals surface area contributed by atoms with E-state index < -0.39 is 5.60 Å². The fourth-order valence-electron chi connectivity index (χ4n) is 1.55. The highest BCUT2D eigenvalue weighted by atomic mass is 16.6. The lowest BCUT2D eigenvalue weighted by Crippen LogP contribution is -2.22. The Morgan fingerprint density at radius 1 is 1.62 bits per heavy atom. The molecule has 0 aliphatic carbocycles. The van der Waals surface area contributed by atoms with Gasteiger partial charge < -0.3 is 14.6 Å². The molecule has 0 amide bonds. The molecule has 1 aliphatic rings. The van der Waals surface area contributed by atoms with Crippen molar-refractivity contribution in [1.29, 1.82) is 0 Å². The van der Waals surface area contributed by atoms with Gasteiger partial charge in [0, 0.05) is 19.4 Å². The Labute approximate surface area is 96.2 Å². The summed E-state index contributed by atoms with van der Waals surface area (Å²) in [4.78, 5) is 11.5. The van der Waals surface area contributed by atoms with Gasteiger partial charge in [-0.1, -0.05) is 0 Å². The van der Waals surface area contributed by atoms with E-state index in [-0.39, 0.29) is 18.7 Å². The highest BCUT2D eigenvalue weighted by molar-refractivity contribution is 5.82. The van der Waals surface area contributed by atoms with Crippen LogP contribution in [0.1, 0.15) is 40.0 Å². The molecule has 0 aromatic rings. The lowest BCUT2D eigenvalue weighted by Gasteiger charge is -2.18. The predicted octanol–water partition coefficient (Wildman–Crippen LogP) is 1.77.